The van der Waals surface area contributed by atoms with E-state index in [-0.39, 0.29) is 17.2 Å². The lowest BCUT2D eigenvalue weighted by molar-refractivity contribution is 0.103. The maximum atomic E-state index is 12.9. The summed E-state index contributed by atoms with van der Waals surface area (Å²) in [7, 11) is -3.74. The van der Waals surface area contributed by atoms with E-state index in [2.05, 4.69) is 20.7 Å². The predicted octanol–water partition coefficient (Wildman–Crippen LogP) is 4.69. The highest BCUT2D eigenvalue weighted by Crippen LogP contribution is 2.16. The topological polar surface area (TPSA) is 63.2 Å². The summed E-state index contributed by atoms with van der Waals surface area (Å²) in [6.07, 6.45) is 1.71. The van der Waals surface area contributed by atoms with Crippen molar-refractivity contribution in [3.8, 4) is 0 Å². The zero-order valence-electron chi connectivity index (χ0n) is 14.9. The highest BCUT2D eigenvalue weighted by molar-refractivity contribution is 9.10. The molecule has 28 heavy (non-hydrogen) atoms. The summed E-state index contributed by atoms with van der Waals surface area (Å²) < 4.78 is 28.5. The smallest absolute Gasteiger partial charge is 0.240 e. The van der Waals surface area contributed by atoms with Gasteiger partial charge in [-0.3, -0.25) is 4.79 Å². The summed E-state index contributed by atoms with van der Waals surface area (Å²) in [6, 6.07) is 24.5. The van der Waals surface area contributed by atoms with Crippen molar-refractivity contribution in [2.24, 2.45) is 0 Å². The summed E-state index contributed by atoms with van der Waals surface area (Å²) in [5.74, 6) is -0.219. The Morgan fingerprint density at radius 2 is 1.43 bits per heavy atom. The van der Waals surface area contributed by atoms with Crippen molar-refractivity contribution < 1.29 is 13.2 Å². The number of ketones is 1. The Morgan fingerprint density at radius 1 is 0.857 bits per heavy atom. The molecule has 0 saturated heterocycles. The summed E-state index contributed by atoms with van der Waals surface area (Å²) in [5, 5.41) is 0. The third kappa shape index (κ3) is 5.25. The van der Waals surface area contributed by atoms with Gasteiger partial charge in [-0.1, -0.05) is 76.6 Å². The van der Waals surface area contributed by atoms with Gasteiger partial charge in [0.1, 0.15) is 0 Å². The molecular formula is C22H18BrNO3S. The average Bonchev–Trinajstić information content (AvgIpc) is 2.72. The first kappa shape index (κ1) is 20.2. The van der Waals surface area contributed by atoms with Crippen molar-refractivity contribution in [3.05, 3.63) is 106 Å². The minimum atomic E-state index is -3.74. The molecule has 0 aliphatic heterocycles. The number of hydrogen-bond donors (Lipinski definition) is 1. The Labute approximate surface area is 173 Å². The molecule has 6 heteroatoms. The predicted molar refractivity (Wildman–Crippen MR) is 115 cm³/mol. The van der Waals surface area contributed by atoms with Crippen LogP contribution in [0.4, 0.5) is 0 Å². The number of Topliss-reactive ketones (excluding diaryl/α,β-unsaturated/α-hetero) is 1. The molecule has 0 saturated carbocycles. The van der Waals surface area contributed by atoms with Crippen LogP contribution in [0.3, 0.4) is 0 Å². The standard InChI is InChI=1S/C22H18BrNO3S/c23-20-11-13-21(14-12-20)28(26,27)24-16-19(15-17-7-3-1-4-8-17)22(25)18-9-5-2-6-10-18/h1-15,24H,16H2. The summed E-state index contributed by atoms with van der Waals surface area (Å²) >= 11 is 3.29. The van der Waals surface area contributed by atoms with E-state index >= 15 is 0 Å². The van der Waals surface area contributed by atoms with E-state index in [4.69, 9.17) is 0 Å². The monoisotopic (exact) mass is 455 g/mol. The third-order valence-corrected chi connectivity index (χ3v) is 5.99. The zero-order chi connectivity index (χ0) is 20.0. The maximum absolute atomic E-state index is 12.9. The Kier molecular flexibility index (Phi) is 6.57. The average molecular weight is 456 g/mol. The number of sulfonamides is 1. The molecule has 0 unspecified atom stereocenters. The Bertz CT molecular complexity index is 1080. The minimum absolute atomic E-state index is 0.110. The molecule has 0 heterocycles. The van der Waals surface area contributed by atoms with Gasteiger partial charge in [-0.05, 0) is 35.9 Å². The van der Waals surface area contributed by atoms with E-state index in [0.29, 0.717) is 11.1 Å². The second kappa shape index (κ2) is 9.10. The first-order valence-corrected chi connectivity index (χ1v) is 10.8. The summed E-state index contributed by atoms with van der Waals surface area (Å²) in [5.41, 5.74) is 1.69. The first-order chi connectivity index (χ1) is 13.5. The van der Waals surface area contributed by atoms with Gasteiger partial charge in [0.05, 0.1) is 4.90 Å². The van der Waals surface area contributed by atoms with Gasteiger partial charge in [-0.15, -0.1) is 0 Å². The van der Waals surface area contributed by atoms with Gasteiger partial charge in [0, 0.05) is 22.2 Å². The Morgan fingerprint density at radius 3 is 2.04 bits per heavy atom. The second-order valence-corrected chi connectivity index (χ2v) is 8.74. The van der Waals surface area contributed by atoms with Crippen LogP contribution >= 0.6 is 15.9 Å². The number of halogens is 1. The molecule has 3 rings (SSSR count). The van der Waals surface area contributed by atoms with Crippen LogP contribution in [0.1, 0.15) is 15.9 Å². The zero-order valence-corrected chi connectivity index (χ0v) is 17.3. The molecule has 0 aliphatic rings. The maximum Gasteiger partial charge on any atom is 0.240 e. The SMILES string of the molecule is O=C(C(=Cc1ccccc1)CNS(=O)(=O)c1ccc(Br)cc1)c1ccccc1. The van der Waals surface area contributed by atoms with Crippen LogP contribution in [0.15, 0.2) is 99.9 Å². The minimum Gasteiger partial charge on any atom is -0.289 e. The molecule has 0 atom stereocenters. The molecule has 0 aromatic heterocycles. The van der Waals surface area contributed by atoms with Crippen molar-refractivity contribution in [2.45, 2.75) is 4.90 Å². The van der Waals surface area contributed by atoms with Gasteiger partial charge in [0.15, 0.2) is 5.78 Å². The van der Waals surface area contributed by atoms with Crippen LogP contribution in [0, 0.1) is 0 Å². The summed E-state index contributed by atoms with van der Waals surface area (Å²) in [4.78, 5) is 13.1. The molecule has 142 valence electrons. The molecule has 1 N–H and O–H groups in total. The van der Waals surface area contributed by atoms with Crippen LogP contribution in [0.25, 0.3) is 6.08 Å². The van der Waals surface area contributed by atoms with E-state index < -0.39 is 10.0 Å². The molecule has 0 bridgehead atoms. The molecule has 0 amide bonds. The summed E-state index contributed by atoms with van der Waals surface area (Å²) in [6.45, 7) is -0.110. The number of hydrogen-bond acceptors (Lipinski definition) is 3. The number of benzene rings is 3. The highest BCUT2D eigenvalue weighted by atomic mass is 79.9. The van der Waals surface area contributed by atoms with Gasteiger partial charge in [-0.2, -0.15) is 0 Å². The van der Waals surface area contributed by atoms with Crippen LogP contribution < -0.4 is 4.72 Å². The van der Waals surface area contributed by atoms with Crippen molar-refractivity contribution in [1.29, 1.82) is 0 Å². The van der Waals surface area contributed by atoms with Gasteiger partial charge >= 0.3 is 0 Å². The van der Waals surface area contributed by atoms with Gasteiger partial charge in [-0.25, -0.2) is 13.1 Å². The largest absolute Gasteiger partial charge is 0.289 e. The van der Waals surface area contributed by atoms with E-state index in [1.165, 1.54) is 12.1 Å². The molecular weight excluding hydrogens is 438 g/mol. The van der Waals surface area contributed by atoms with E-state index in [1.807, 2.05) is 36.4 Å². The third-order valence-electron chi connectivity index (χ3n) is 4.04. The number of nitrogens with one attached hydrogen (secondary N) is 1. The van der Waals surface area contributed by atoms with Crippen LogP contribution in [0.2, 0.25) is 0 Å². The quantitative estimate of drug-likeness (QED) is 0.414. The van der Waals surface area contributed by atoms with Crippen molar-refractivity contribution >= 4 is 37.8 Å². The molecule has 0 spiro atoms. The number of carbonyl (C=O) groups excluding carboxylic acids is 1. The highest BCUT2D eigenvalue weighted by Gasteiger charge is 2.18. The lowest BCUT2D eigenvalue weighted by atomic mass is 10.0. The lowest BCUT2D eigenvalue weighted by Crippen LogP contribution is -2.28. The molecule has 3 aromatic rings. The normalized spacial score (nSPS) is 12.0. The fourth-order valence-electron chi connectivity index (χ4n) is 2.59. The molecule has 0 radical (unpaired) electrons. The molecule has 0 aliphatic carbocycles. The van der Waals surface area contributed by atoms with Crippen LogP contribution in [-0.2, 0) is 10.0 Å². The van der Waals surface area contributed by atoms with E-state index in [0.717, 1.165) is 10.0 Å². The van der Waals surface area contributed by atoms with Gasteiger partial charge in [0.2, 0.25) is 10.0 Å². The van der Waals surface area contributed by atoms with Crippen molar-refractivity contribution in [1.82, 2.24) is 4.72 Å². The van der Waals surface area contributed by atoms with Crippen molar-refractivity contribution in [2.75, 3.05) is 6.54 Å². The van der Waals surface area contributed by atoms with Crippen LogP contribution in [-0.4, -0.2) is 20.7 Å². The fourth-order valence-corrected chi connectivity index (χ4v) is 3.86. The number of carbonyl (C=O) groups is 1. The second-order valence-electron chi connectivity index (χ2n) is 6.05. The first-order valence-electron chi connectivity index (χ1n) is 8.56. The fraction of sp³-hybridized carbons (Fsp3) is 0.0455. The molecule has 0 fully saturated rings. The van der Waals surface area contributed by atoms with E-state index in [1.54, 1.807) is 42.5 Å². The molecule has 4 nitrogen and oxygen atoms in total. The van der Waals surface area contributed by atoms with Gasteiger partial charge in [0.25, 0.3) is 0 Å². The number of rotatable bonds is 7. The Hall–Kier alpha value is -2.54. The lowest BCUT2D eigenvalue weighted by Gasteiger charge is -2.10. The van der Waals surface area contributed by atoms with E-state index in [9.17, 15) is 13.2 Å². The molecule has 3 aromatic carbocycles. The Balaban J connectivity index is 1.88. The van der Waals surface area contributed by atoms with Crippen molar-refractivity contribution in [3.63, 3.8) is 0 Å². The van der Waals surface area contributed by atoms with Gasteiger partial charge < -0.3 is 0 Å². The van der Waals surface area contributed by atoms with Crippen LogP contribution in [0.5, 0.6) is 0 Å².